The van der Waals surface area contributed by atoms with Gasteiger partial charge in [0.1, 0.15) is 0 Å². The van der Waals surface area contributed by atoms with E-state index in [0.29, 0.717) is 48.5 Å². The number of rotatable bonds is 8. The van der Waals surface area contributed by atoms with Gasteiger partial charge in [0, 0.05) is 0 Å². The molecule has 0 fully saturated rings. The molecule has 0 aliphatic rings. The number of halogens is 6. The minimum atomic E-state index is -3.63. The number of carbonyl (C=O) groups is 4. The van der Waals surface area contributed by atoms with Crippen molar-refractivity contribution < 1.29 is 56.3 Å². The van der Waals surface area contributed by atoms with Crippen molar-refractivity contribution in [3.05, 3.63) is 70.8 Å². The molecule has 0 radical (unpaired) electrons. The Morgan fingerprint density at radius 1 is 0.576 bits per heavy atom. The maximum Gasteiger partial charge on any atom is 0.335 e. The molecule has 0 aliphatic heterocycles. The Bertz CT molecular complexity index is 981. The molecule has 0 aliphatic carbocycles. The number of benzene rings is 2. The van der Waals surface area contributed by atoms with Gasteiger partial charge in [-0.15, -0.1) is 0 Å². The monoisotopic (exact) mass is 480 g/mol. The first-order chi connectivity index (χ1) is 15.3. The molecule has 33 heavy (non-hydrogen) atoms. The van der Waals surface area contributed by atoms with Crippen LogP contribution in [0.1, 0.15) is 31.8 Å². The van der Waals surface area contributed by atoms with Crippen LogP contribution in [0.3, 0.4) is 0 Å². The molecule has 16 heteroatoms. The largest absolute Gasteiger partial charge is 0.478 e. The summed E-state index contributed by atoms with van der Waals surface area (Å²) in [6, 6.07) is 5.23. The molecule has 2 aromatic rings. The van der Waals surface area contributed by atoms with E-state index in [2.05, 4.69) is 0 Å². The van der Waals surface area contributed by atoms with E-state index in [1.165, 1.54) is 0 Å². The lowest BCUT2D eigenvalue weighted by molar-refractivity contribution is -0.358. The van der Waals surface area contributed by atoms with Crippen LogP contribution >= 0.6 is 0 Å². The van der Waals surface area contributed by atoms with Crippen LogP contribution in [-0.2, 0) is 15.0 Å². The van der Waals surface area contributed by atoms with Gasteiger partial charge in [0.25, 0.3) is 11.8 Å². The van der Waals surface area contributed by atoms with Crippen LogP contribution in [0.2, 0.25) is 0 Å². The Morgan fingerprint density at radius 3 is 1.06 bits per heavy atom. The first kappa shape index (κ1) is 25.1. The molecule has 0 saturated carbocycles. The summed E-state index contributed by atoms with van der Waals surface area (Å²) in [6.07, 6.45) is 0. The maximum absolute atomic E-state index is 14.0. The highest BCUT2D eigenvalue weighted by Crippen LogP contribution is 2.38. The number of carboxylic acid groups (broad SMARTS) is 2. The standard InChI is InChI=1S/C17H10F6N4O6/c18-24(26(20)21)15(32)17(16(33)25(19)27(22)23,11-5-1-9(2-6-11)13(28)29)12-7-3-10(4-8-12)14(30)31/h1-8H,(H,28,29)(H,30,31). The molecule has 0 bridgehead atoms. The van der Waals surface area contributed by atoms with Crippen LogP contribution in [-0.4, -0.2) is 55.3 Å². The lowest BCUT2D eigenvalue weighted by Crippen LogP contribution is -2.57. The summed E-state index contributed by atoms with van der Waals surface area (Å²) < 4.78 is 79.3. The second-order valence-corrected chi connectivity index (χ2v) is 6.08. The average molecular weight is 480 g/mol. The van der Waals surface area contributed by atoms with Crippen LogP contribution in [0, 0.1) is 0 Å². The third kappa shape index (κ3) is 4.55. The number of hydrogen-bond donors (Lipinski definition) is 2. The highest BCUT2D eigenvalue weighted by atomic mass is 19.4. The van der Waals surface area contributed by atoms with Gasteiger partial charge in [0.15, 0.2) is 16.3 Å². The van der Waals surface area contributed by atoms with Crippen LogP contribution in [0.25, 0.3) is 0 Å². The van der Waals surface area contributed by atoms with Crippen molar-refractivity contribution in [2.75, 3.05) is 0 Å². The third-order valence-electron chi connectivity index (χ3n) is 4.37. The summed E-state index contributed by atoms with van der Waals surface area (Å²) in [5.41, 5.74) is -11.3. The summed E-state index contributed by atoms with van der Waals surface area (Å²) in [5, 5.41) is 14.0. The zero-order valence-electron chi connectivity index (χ0n) is 15.7. The molecule has 0 heterocycles. The zero-order valence-corrected chi connectivity index (χ0v) is 15.7. The first-order valence-electron chi connectivity index (χ1n) is 8.27. The topological polar surface area (TPSA) is 122 Å². The quantitative estimate of drug-likeness (QED) is 0.256. The number of amides is 2. The van der Waals surface area contributed by atoms with Crippen molar-refractivity contribution in [2.45, 2.75) is 5.41 Å². The van der Waals surface area contributed by atoms with E-state index in [-0.39, 0.29) is 0 Å². The van der Waals surface area contributed by atoms with Crippen LogP contribution in [0.4, 0.5) is 26.9 Å². The normalized spacial score (nSPS) is 11.4. The molecule has 2 N–H and O–H groups in total. The van der Waals surface area contributed by atoms with E-state index in [9.17, 15) is 46.1 Å². The Kier molecular flexibility index (Phi) is 7.25. The molecular weight excluding hydrogens is 470 g/mol. The molecule has 176 valence electrons. The van der Waals surface area contributed by atoms with Gasteiger partial charge in [0.05, 0.1) is 11.1 Å². The highest BCUT2D eigenvalue weighted by Gasteiger charge is 2.57. The molecule has 0 atom stereocenters. The zero-order chi connectivity index (χ0) is 25.1. The molecule has 2 aromatic carbocycles. The summed E-state index contributed by atoms with van der Waals surface area (Å²) in [5.74, 6) is -8.25. The lowest BCUT2D eigenvalue weighted by Gasteiger charge is -2.33. The van der Waals surface area contributed by atoms with Gasteiger partial charge in [-0.05, 0) is 45.9 Å². The van der Waals surface area contributed by atoms with E-state index < -0.39 is 72.8 Å². The summed E-state index contributed by atoms with van der Waals surface area (Å²) in [4.78, 5) is 47.6. The lowest BCUT2D eigenvalue weighted by atomic mass is 9.72. The second kappa shape index (κ2) is 9.53. The fourth-order valence-corrected chi connectivity index (χ4v) is 2.89. The van der Waals surface area contributed by atoms with Gasteiger partial charge < -0.3 is 10.2 Å². The Morgan fingerprint density at radius 2 is 0.848 bits per heavy atom. The third-order valence-corrected chi connectivity index (χ3v) is 4.37. The van der Waals surface area contributed by atoms with Gasteiger partial charge in [-0.2, -0.15) is 0 Å². The Balaban J connectivity index is 2.94. The van der Waals surface area contributed by atoms with E-state index in [1.807, 2.05) is 0 Å². The summed E-state index contributed by atoms with van der Waals surface area (Å²) >= 11 is 0. The van der Waals surface area contributed by atoms with Gasteiger partial charge in [-0.3, -0.25) is 9.59 Å². The number of aromatic carboxylic acids is 2. The van der Waals surface area contributed by atoms with Gasteiger partial charge in [-0.1, -0.05) is 51.2 Å². The van der Waals surface area contributed by atoms with Crippen molar-refractivity contribution in [3.8, 4) is 0 Å². The van der Waals surface area contributed by atoms with Gasteiger partial charge >= 0.3 is 11.9 Å². The highest BCUT2D eigenvalue weighted by molar-refractivity contribution is 6.13. The number of hydrazine groups is 2. The molecular formula is C17H10F6N4O6. The molecule has 0 aromatic heterocycles. The molecule has 0 spiro atoms. The predicted molar refractivity (Wildman–Crippen MR) is 91.6 cm³/mol. The van der Waals surface area contributed by atoms with Crippen LogP contribution < -0.4 is 0 Å². The van der Waals surface area contributed by atoms with E-state index in [0.717, 1.165) is 0 Å². The van der Waals surface area contributed by atoms with Crippen LogP contribution in [0.15, 0.2) is 48.5 Å². The fraction of sp³-hybridized carbons (Fsp3) is 0.0588. The van der Waals surface area contributed by atoms with E-state index in [1.54, 1.807) is 0 Å². The Hall–Kier alpha value is -4.18. The second-order valence-electron chi connectivity index (χ2n) is 6.08. The van der Waals surface area contributed by atoms with E-state index >= 15 is 0 Å². The summed E-state index contributed by atoms with van der Waals surface area (Å²) in [6.45, 7) is 0. The molecule has 2 amide bonds. The smallest absolute Gasteiger partial charge is 0.335 e. The van der Waals surface area contributed by atoms with Crippen molar-refractivity contribution in [1.29, 1.82) is 0 Å². The number of carboxylic acids is 2. The summed E-state index contributed by atoms with van der Waals surface area (Å²) in [7, 11) is 0. The predicted octanol–water partition coefficient (Wildman–Crippen LogP) is 2.77. The van der Waals surface area contributed by atoms with Gasteiger partial charge in [0.2, 0.25) is 0 Å². The maximum atomic E-state index is 14.0. The average Bonchev–Trinajstić information content (AvgIpc) is 2.78. The molecule has 2 rings (SSSR count). The number of carbonyl (C=O) groups excluding carboxylic acids is 2. The van der Waals surface area contributed by atoms with Crippen molar-refractivity contribution in [1.82, 2.24) is 21.4 Å². The minimum absolute atomic E-state index is 0.488. The minimum Gasteiger partial charge on any atom is -0.478 e. The number of hydrogen-bond acceptors (Lipinski definition) is 6. The first-order valence-corrected chi connectivity index (χ1v) is 8.27. The molecule has 0 saturated heterocycles. The molecule has 10 nitrogen and oxygen atoms in total. The van der Waals surface area contributed by atoms with E-state index in [4.69, 9.17) is 10.2 Å². The van der Waals surface area contributed by atoms with Gasteiger partial charge in [-0.25, -0.2) is 9.59 Å². The molecule has 0 unspecified atom stereocenters. The van der Waals surface area contributed by atoms with Crippen molar-refractivity contribution in [3.63, 3.8) is 0 Å². The van der Waals surface area contributed by atoms with Crippen molar-refractivity contribution in [2.24, 2.45) is 0 Å². The fourth-order valence-electron chi connectivity index (χ4n) is 2.89. The van der Waals surface area contributed by atoms with Crippen LogP contribution in [0.5, 0.6) is 0 Å². The SMILES string of the molecule is O=C(O)c1ccc(C(C(=O)N(F)N(F)F)(C(=O)N(F)N(F)F)c2ccc(C(=O)O)cc2)cc1. The number of nitrogens with zero attached hydrogens (tertiary/aromatic N) is 4. The Labute approximate surface area is 178 Å². The van der Waals surface area contributed by atoms with Crippen molar-refractivity contribution >= 4 is 23.8 Å².